The second-order valence-corrected chi connectivity index (χ2v) is 5.12. The molecule has 1 aromatic heterocycles. The Morgan fingerprint density at radius 3 is 3.00 bits per heavy atom. The zero-order valence-electron chi connectivity index (χ0n) is 10.4. The van der Waals surface area contributed by atoms with Crippen LogP contribution in [0.4, 0.5) is 4.39 Å². The van der Waals surface area contributed by atoms with Crippen molar-refractivity contribution in [1.82, 2.24) is 10.3 Å². The minimum atomic E-state index is -0.173. The Morgan fingerprint density at radius 1 is 1.44 bits per heavy atom. The number of hydrogen-bond acceptors (Lipinski definition) is 3. The molecule has 18 heavy (non-hydrogen) atoms. The maximum absolute atomic E-state index is 13.2. The summed E-state index contributed by atoms with van der Waals surface area (Å²) in [6.07, 6.45) is 3.69. The van der Waals surface area contributed by atoms with Crippen molar-refractivity contribution in [3.63, 3.8) is 0 Å². The van der Waals surface area contributed by atoms with E-state index in [2.05, 4.69) is 17.2 Å². The van der Waals surface area contributed by atoms with Gasteiger partial charge in [0.25, 0.3) is 0 Å². The van der Waals surface area contributed by atoms with E-state index in [9.17, 15) is 4.39 Å². The highest BCUT2D eigenvalue weighted by molar-refractivity contribution is 7.09. The van der Waals surface area contributed by atoms with Crippen molar-refractivity contribution in [1.29, 1.82) is 0 Å². The van der Waals surface area contributed by atoms with Gasteiger partial charge in [0.1, 0.15) is 5.82 Å². The van der Waals surface area contributed by atoms with Crippen LogP contribution in [0.15, 0.2) is 35.8 Å². The van der Waals surface area contributed by atoms with Gasteiger partial charge in [-0.25, -0.2) is 9.37 Å². The topological polar surface area (TPSA) is 24.9 Å². The van der Waals surface area contributed by atoms with Crippen LogP contribution >= 0.6 is 11.3 Å². The van der Waals surface area contributed by atoms with Crippen LogP contribution in [0.25, 0.3) is 0 Å². The molecule has 0 amide bonds. The van der Waals surface area contributed by atoms with Gasteiger partial charge < -0.3 is 5.32 Å². The standard InChI is InChI=1S/C14H17FN2S/c1-2-13(11-4-3-5-12(15)10-11)16-7-6-14-17-8-9-18-14/h3-5,8-10,13,16H,2,6-7H2,1H3. The molecule has 0 saturated heterocycles. The molecule has 1 atom stereocenters. The molecule has 1 heterocycles. The summed E-state index contributed by atoms with van der Waals surface area (Å²) in [6, 6.07) is 7.01. The number of nitrogens with one attached hydrogen (secondary N) is 1. The SMILES string of the molecule is CCC(NCCc1nccs1)c1cccc(F)c1. The molecular weight excluding hydrogens is 247 g/mol. The normalized spacial score (nSPS) is 12.6. The van der Waals surface area contributed by atoms with Crippen molar-refractivity contribution in [2.24, 2.45) is 0 Å². The summed E-state index contributed by atoms with van der Waals surface area (Å²) in [7, 11) is 0. The Balaban J connectivity index is 1.89. The fourth-order valence-electron chi connectivity index (χ4n) is 1.95. The minimum Gasteiger partial charge on any atom is -0.310 e. The Bertz CT molecular complexity index is 470. The van der Waals surface area contributed by atoms with Gasteiger partial charge in [-0.3, -0.25) is 0 Å². The summed E-state index contributed by atoms with van der Waals surface area (Å²) in [6.45, 7) is 2.97. The Kier molecular flexibility index (Phi) is 4.84. The summed E-state index contributed by atoms with van der Waals surface area (Å²) in [5.74, 6) is -0.173. The molecule has 1 aromatic carbocycles. The molecule has 0 aliphatic heterocycles. The van der Waals surface area contributed by atoms with Gasteiger partial charge in [0.05, 0.1) is 5.01 Å². The van der Waals surface area contributed by atoms with Crippen LogP contribution in [-0.2, 0) is 6.42 Å². The fraction of sp³-hybridized carbons (Fsp3) is 0.357. The lowest BCUT2D eigenvalue weighted by molar-refractivity contribution is 0.517. The Morgan fingerprint density at radius 2 is 2.33 bits per heavy atom. The molecule has 1 N–H and O–H groups in total. The van der Waals surface area contributed by atoms with Gasteiger partial charge in [-0.1, -0.05) is 19.1 Å². The van der Waals surface area contributed by atoms with Gasteiger partial charge in [0, 0.05) is 30.6 Å². The van der Waals surface area contributed by atoms with Crippen LogP contribution in [0, 0.1) is 5.82 Å². The summed E-state index contributed by atoms with van der Waals surface area (Å²) in [5, 5.41) is 6.57. The second-order valence-electron chi connectivity index (χ2n) is 4.15. The van der Waals surface area contributed by atoms with E-state index in [1.807, 2.05) is 17.6 Å². The van der Waals surface area contributed by atoms with Crippen molar-refractivity contribution in [2.75, 3.05) is 6.54 Å². The Labute approximate surface area is 111 Å². The molecule has 0 spiro atoms. The van der Waals surface area contributed by atoms with Crippen LogP contribution in [0.3, 0.4) is 0 Å². The van der Waals surface area contributed by atoms with E-state index < -0.39 is 0 Å². The highest BCUT2D eigenvalue weighted by atomic mass is 32.1. The van der Waals surface area contributed by atoms with Crippen LogP contribution in [0.5, 0.6) is 0 Å². The zero-order valence-corrected chi connectivity index (χ0v) is 11.2. The largest absolute Gasteiger partial charge is 0.310 e. The fourth-order valence-corrected chi connectivity index (χ4v) is 2.57. The second kappa shape index (κ2) is 6.61. The van der Waals surface area contributed by atoms with E-state index in [-0.39, 0.29) is 11.9 Å². The third kappa shape index (κ3) is 3.62. The average molecular weight is 264 g/mol. The smallest absolute Gasteiger partial charge is 0.123 e. The van der Waals surface area contributed by atoms with Crippen LogP contribution in [0.1, 0.15) is 30.0 Å². The number of aromatic nitrogens is 1. The number of thiazole rings is 1. The summed E-state index contributed by atoms with van der Waals surface area (Å²) >= 11 is 1.67. The molecule has 2 nitrogen and oxygen atoms in total. The third-order valence-electron chi connectivity index (χ3n) is 2.87. The lowest BCUT2D eigenvalue weighted by Crippen LogP contribution is -2.23. The van der Waals surface area contributed by atoms with Crippen molar-refractivity contribution in [2.45, 2.75) is 25.8 Å². The molecule has 1 unspecified atom stereocenters. The average Bonchev–Trinajstić information content (AvgIpc) is 2.88. The maximum atomic E-state index is 13.2. The molecule has 0 aliphatic rings. The van der Waals surface area contributed by atoms with E-state index in [4.69, 9.17) is 0 Å². The van der Waals surface area contributed by atoms with Gasteiger partial charge in [0.15, 0.2) is 0 Å². The Hall–Kier alpha value is -1.26. The van der Waals surface area contributed by atoms with Crippen LogP contribution in [0.2, 0.25) is 0 Å². The van der Waals surface area contributed by atoms with Crippen molar-refractivity contribution < 1.29 is 4.39 Å². The summed E-state index contributed by atoms with van der Waals surface area (Å²) in [5.41, 5.74) is 1.01. The number of halogens is 1. The molecule has 0 fully saturated rings. The molecule has 4 heteroatoms. The highest BCUT2D eigenvalue weighted by Crippen LogP contribution is 2.17. The lowest BCUT2D eigenvalue weighted by atomic mass is 10.0. The lowest BCUT2D eigenvalue weighted by Gasteiger charge is -2.17. The molecule has 96 valence electrons. The summed E-state index contributed by atoms with van der Waals surface area (Å²) < 4.78 is 13.2. The summed E-state index contributed by atoms with van der Waals surface area (Å²) in [4.78, 5) is 4.24. The number of rotatable bonds is 6. The molecule has 0 radical (unpaired) electrons. The van der Waals surface area contributed by atoms with Gasteiger partial charge >= 0.3 is 0 Å². The van der Waals surface area contributed by atoms with Gasteiger partial charge in [-0.2, -0.15) is 0 Å². The number of nitrogens with zero attached hydrogens (tertiary/aromatic N) is 1. The monoisotopic (exact) mass is 264 g/mol. The number of benzene rings is 1. The molecular formula is C14H17FN2S. The highest BCUT2D eigenvalue weighted by Gasteiger charge is 2.09. The number of hydrogen-bond donors (Lipinski definition) is 1. The van der Waals surface area contributed by atoms with E-state index >= 15 is 0 Å². The van der Waals surface area contributed by atoms with Crippen LogP contribution < -0.4 is 5.32 Å². The predicted octanol–water partition coefficient (Wildman–Crippen LogP) is 3.57. The molecule has 2 rings (SSSR count). The van der Waals surface area contributed by atoms with Gasteiger partial charge in [0.2, 0.25) is 0 Å². The van der Waals surface area contributed by atoms with Gasteiger partial charge in [-0.15, -0.1) is 11.3 Å². The molecule has 0 bridgehead atoms. The predicted molar refractivity (Wildman–Crippen MR) is 73.3 cm³/mol. The first kappa shape index (κ1) is 13.2. The molecule has 0 saturated carbocycles. The molecule has 0 aliphatic carbocycles. The zero-order chi connectivity index (χ0) is 12.8. The first-order valence-electron chi connectivity index (χ1n) is 6.17. The van der Waals surface area contributed by atoms with Crippen molar-refractivity contribution >= 4 is 11.3 Å². The third-order valence-corrected chi connectivity index (χ3v) is 3.71. The maximum Gasteiger partial charge on any atom is 0.123 e. The van der Waals surface area contributed by atoms with Gasteiger partial charge in [-0.05, 0) is 24.1 Å². The van der Waals surface area contributed by atoms with E-state index in [0.29, 0.717) is 0 Å². The van der Waals surface area contributed by atoms with Crippen LogP contribution in [-0.4, -0.2) is 11.5 Å². The first-order valence-corrected chi connectivity index (χ1v) is 7.04. The van der Waals surface area contributed by atoms with Crippen molar-refractivity contribution in [3.8, 4) is 0 Å². The van der Waals surface area contributed by atoms with E-state index in [0.717, 1.165) is 30.0 Å². The van der Waals surface area contributed by atoms with E-state index in [1.165, 1.54) is 6.07 Å². The quantitative estimate of drug-likeness (QED) is 0.863. The minimum absolute atomic E-state index is 0.173. The van der Waals surface area contributed by atoms with E-state index in [1.54, 1.807) is 23.5 Å². The first-order chi connectivity index (χ1) is 8.79. The molecule has 2 aromatic rings. The van der Waals surface area contributed by atoms with Crippen molar-refractivity contribution in [3.05, 3.63) is 52.2 Å².